The van der Waals surface area contributed by atoms with Gasteiger partial charge in [-0.3, -0.25) is 0 Å². The van der Waals surface area contributed by atoms with Crippen molar-refractivity contribution in [3.05, 3.63) is 41.7 Å². The van der Waals surface area contributed by atoms with Crippen molar-refractivity contribution < 1.29 is 18.6 Å². The lowest BCUT2D eigenvalue weighted by molar-refractivity contribution is 0.174. The van der Waals surface area contributed by atoms with Crippen molar-refractivity contribution in [2.75, 3.05) is 13.9 Å². The minimum absolute atomic E-state index is 0.142. The van der Waals surface area contributed by atoms with E-state index in [1.54, 1.807) is 30.3 Å². The molecule has 1 aliphatic rings. The monoisotopic (exact) mass is 270 g/mol. The lowest BCUT2D eigenvalue weighted by Crippen LogP contribution is -1.93. The van der Waals surface area contributed by atoms with Gasteiger partial charge in [-0.2, -0.15) is 0 Å². The third kappa shape index (κ3) is 1.84. The van der Waals surface area contributed by atoms with Crippen LogP contribution in [0.3, 0.4) is 0 Å². The topological polar surface area (TPSA) is 27.7 Å². The zero-order chi connectivity index (χ0) is 14.1. The summed E-state index contributed by atoms with van der Waals surface area (Å²) < 4.78 is 29.9. The van der Waals surface area contributed by atoms with Crippen LogP contribution in [0.4, 0.5) is 4.39 Å². The molecule has 0 atom stereocenters. The molecule has 20 heavy (non-hydrogen) atoms. The van der Waals surface area contributed by atoms with Gasteiger partial charge in [0.2, 0.25) is 6.79 Å². The Morgan fingerprint density at radius 2 is 1.95 bits per heavy atom. The molecular weight excluding hydrogens is 259 g/mol. The third-order valence-corrected chi connectivity index (χ3v) is 3.14. The highest BCUT2D eigenvalue weighted by molar-refractivity contribution is 5.76. The molecule has 1 aliphatic heterocycles. The van der Waals surface area contributed by atoms with Crippen molar-refractivity contribution >= 4 is 0 Å². The van der Waals surface area contributed by atoms with E-state index in [1.807, 2.05) is 0 Å². The van der Waals surface area contributed by atoms with Gasteiger partial charge in [-0.1, -0.05) is 18.1 Å². The fourth-order valence-corrected chi connectivity index (χ4v) is 2.16. The fraction of sp³-hybridized carbons (Fsp3) is 0.125. The van der Waals surface area contributed by atoms with Crippen LogP contribution in [0, 0.1) is 18.2 Å². The summed E-state index contributed by atoms with van der Waals surface area (Å²) in [6.07, 6.45) is 5.50. The number of benzene rings is 2. The van der Waals surface area contributed by atoms with Gasteiger partial charge in [0.25, 0.3) is 0 Å². The standard InChI is InChI=1S/C16H11FO3/c1-3-10-7-14-15(20-9-19-14)8-12(10)11-5-4-6-13(18-2)16(11)17/h1,4-8H,9H2,2H3. The summed E-state index contributed by atoms with van der Waals surface area (Å²) in [4.78, 5) is 0. The van der Waals surface area contributed by atoms with E-state index in [2.05, 4.69) is 5.92 Å². The SMILES string of the molecule is C#Cc1cc2c(cc1-c1cccc(OC)c1F)OCO2. The van der Waals surface area contributed by atoms with Gasteiger partial charge >= 0.3 is 0 Å². The Morgan fingerprint density at radius 3 is 2.65 bits per heavy atom. The van der Waals surface area contributed by atoms with Crippen molar-refractivity contribution in [2.45, 2.75) is 0 Å². The van der Waals surface area contributed by atoms with Crippen LogP contribution < -0.4 is 14.2 Å². The highest BCUT2D eigenvalue weighted by Crippen LogP contribution is 2.40. The molecule has 0 saturated heterocycles. The molecule has 0 amide bonds. The maximum atomic E-state index is 14.4. The Kier molecular flexibility index (Phi) is 2.96. The number of hydrogen-bond donors (Lipinski definition) is 0. The maximum Gasteiger partial charge on any atom is 0.231 e. The van der Waals surface area contributed by atoms with Crippen LogP contribution in [0.1, 0.15) is 5.56 Å². The smallest absolute Gasteiger partial charge is 0.231 e. The molecule has 2 aromatic rings. The minimum atomic E-state index is -0.453. The largest absolute Gasteiger partial charge is 0.494 e. The lowest BCUT2D eigenvalue weighted by atomic mass is 9.98. The average molecular weight is 270 g/mol. The zero-order valence-electron chi connectivity index (χ0n) is 10.8. The highest BCUT2D eigenvalue weighted by Gasteiger charge is 2.20. The molecule has 0 radical (unpaired) electrons. The Hall–Kier alpha value is -2.67. The molecule has 3 rings (SSSR count). The third-order valence-electron chi connectivity index (χ3n) is 3.14. The van der Waals surface area contributed by atoms with Crippen LogP contribution in [-0.2, 0) is 0 Å². The van der Waals surface area contributed by atoms with Crippen LogP contribution in [0.5, 0.6) is 17.2 Å². The molecule has 1 heterocycles. The van der Waals surface area contributed by atoms with Crippen molar-refractivity contribution in [3.8, 4) is 40.7 Å². The van der Waals surface area contributed by atoms with E-state index in [0.717, 1.165) is 0 Å². The van der Waals surface area contributed by atoms with Gasteiger partial charge in [0, 0.05) is 22.8 Å². The molecule has 100 valence electrons. The zero-order valence-corrected chi connectivity index (χ0v) is 10.8. The first-order chi connectivity index (χ1) is 9.74. The summed E-state index contributed by atoms with van der Waals surface area (Å²) in [5.74, 6) is 3.39. The van der Waals surface area contributed by atoms with E-state index in [9.17, 15) is 4.39 Å². The van der Waals surface area contributed by atoms with Gasteiger partial charge in [0.1, 0.15) is 0 Å². The number of terminal acetylenes is 1. The maximum absolute atomic E-state index is 14.4. The van der Waals surface area contributed by atoms with Crippen molar-refractivity contribution in [1.82, 2.24) is 0 Å². The summed E-state index contributed by atoms with van der Waals surface area (Å²) in [5, 5.41) is 0. The molecule has 3 nitrogen and oxygen atoms in total. The summed E-state index contributed by atoms with van der Waals surface area (Å²) in [6, 6.07) is 8.28. The van der Waals surface area contributed by atoms with E-state index in [1.165, 1.54) is 7.11 Å². The van der Waals surface area contributed by atoms with E-state index in [0.29, 0.717) is 28.2 Å². The molecule has 0 spiro atoms. The summed E-state index contributed by atoms with van der Waals surface area (Å²) in [6.45, 7) is 0.142. The highest BCUT2D eigenvalue weighted by atomic mass is 19.1. The van der Waals surface area contributed by atoms with Gasteiger partial charge in [-0.05, 0) is 12.1 Å². The molecule has 0 fully saturated rings. The second-order valence-corrected chi connectivity index (χ2v) is 4.22. The molecule has 0 aromatic heterocycles. The van der Waals surface area contributed by atoms with E-state index in [4.69, 9.17) is 20.6 Å². The normalized spacial score (nSPS) is 12.1. The Morgan fingerprint density at radius 1 is 1.20 bits per heavy atom. The van der Waals surface area contributed by atoms with E-state index in [-0.39, 0.29) is 12.5 Å². The minimum Gasteiger partial charge on any atom is -0.494 e. The number of methoxy groups -OCH3 is 1. The first kappa shape index (κ1) is 12.4. The Balaban J connectivity index is 2.22. The van der Waals surface area contributed by atoms with E-state index >= 15 is 0 Å². The van der Waals surface area contributed by atoms with Crippen LogP contribution in [0.25, 0.3) is 11.1 Å². The number of halogens is 1. The predicted octanol–water partition coefficient (Wildman–Crippen LogP) is 3.21. The van der Waals surface area contributed by atoms with Gasteiger partial charge in [0.15, 0.2) is 23.1 Å². The van der Waals surface area contributed by atoms with Crippen LogP contribution >= 0.6 is 0 Å². The Bertz CT molecular complexity index is 716. The van der Waals surface area contributed by atoms with E-state index < -0.39 is 5.82 Å². The van der Waals surface area contributed by atoms with Gasteiger partial charge in [-0.25, -0.2) is 4.39 Å². The van der Waals surface area contributed by atoms with Crippen molar-refractivity contribution in [2.24, 2.45) is 0 Å². The Labute approximate surface area is 115 Å². The van der Waals surface area contributed by atoms with Crippen LogP contribution in [0.15, 0.2) is 30.3 Å². The van der Waals surface area contributed by atoms with Crippen molar-refractivity contribution in [1.29, 1.82) is 0 Å². The number of hydrogen-bond acceptors (Lipinski definition) is 3. The molecule has 2 aromatic carbocycles. The molecule has 0 saturated carbocycles. The lowest BCUT2D eigenvalue weighted by Gasteiger charge is -2.10. The van der Waals surface area contributed by atoms with Gasteiger partial charge in [0.05, 0.1) is 7.11 Å². The van der Waals surface area contributed by atoms with Crippen LogP contribution in [-0.4, -0.2) is 13.9 Å². The molecule has 0 unspecified atom stereocenters. The number of fused-ring (bicyclic) bond motifs is 1. The molecular formula is C16H11FO3. The molecule has 0 N–H and O–H groups in total. The fourth-order valence-electron chi connectivity index (χ4n) is 2.16. The average Bonchev–Trinajstić information content (AvgIpc) is 2.93. The number of rotatable bonds is 2. The molecule has 0 bridgehead atoms. The van der Waals surface area contributed by atoms with Gasteiger partial charge in [-0.15, -0.1) is 6.42 Å². The predicted molar refractivity (Wildman–Crippen MR) is 72.4 cm³/mol. The summed E-state index contributed by atoms with van der Waals surface area (Å²) in [7, 11) is 1.42. The summed E-state index contributed by atoms with van der Waals surface area (Å²) in [5.41, 5.74) is 1.49. The quantitative estimate of drug-likeness (QED) is 0.784. The number of ether oxygens (including phenoxy) is 3. The molecule has 4 heteroatoms. The first-order valence-electron chi connectivity index (χ1n) is 5.97. The van der Waals surface area contributed by atoms with Crippen LogP contribution in [0.2, 0.25) is 0 Å². The van der Waals surface area contributed by atoms with Crippen molar-refractivity contribution in [3.63, 3.8) is 0 Å². The molecule has 0 aliphatic carbocycles. The second-order valence-electron chi connectivity index (χ2n) is 4.22. The summed E-state index contributed by atoms with van der Waals surface area (Å²) >= 11 is 0. The van der Waals surface area contributed by atoms with Gasteiger partial charge < -0.3 is 14.2 Å². The first-order valence-corrected chi connectivity index (χ1v) is 5.97. The second kappa shape index (κ2) is 4.78.